The molecule has 1 nitrogen and oxygen atoms in total. The van der Waals surface area contributed by atoms with Crippen molar-refractivity contribution < 1.29 is 0 Å². The zero-order valence-corrected chi connectivity index (χ0v) is 3.52. The molecule has 0 spiro atoms. The molecular weight excluding hydrogens is 74.1 g/mol. The lowest BCUT2D eigenvalue weighted by molar-refractivity contribution is 1.23. The van der Waals surface area contributed by atoms with Crippen LogP contribution in [-0.2, 0) is 0 Å². The first-order chi connectivity index (χ1) is 2.97. The molecule has 1 fully saturated rings. The molecule has 1 aliphatic heterocycles. The number of nitrogens with zero attached hydrogens (tertiary/aromatic N) is 1. The third-order valence-corrected chi connectivity index (χ3v) is 1.27. The lowest BCUT2D eigenvalue weighted by Crippen LogP contribution is -1.84. The maximum atomic E-state index is 3.96. The standard InChI is InChI=1S/C5H6N/c1-2-4(1)5-3-6-5/h3-4H,1-2H2/q+1. The predicted molar refractivity (Wildman–Crippen MR) is 25.9 cm³/mol. The zero-order chi connectivity index (χ0) is 3.98. The van der Waals surface area contributed by atoms with Gasteiger partial charge in [0.25, 0.3) is 0 Å². The van der Waals surface area contributed by atoms with E-state index in [9.17, 15) is 0 Å². The highest BCUT2D eigenvalue weighted by molar-refractivity contribution is 6.40. The van der Waals surface area contributed by atoms with Crippen LogP contribution in [0.4, 0.5) is 0 Å². The van der Waals surface area contributed by atoms with Crippen molar-refractivity contribution in [3.05, 3.63) is 0 Å². The molecule has 0 unspecified atom stereocenters. The van der Waals surface area contributed by atoms with Crippen LogP contribution in [0.25, 0.3) is 0 Å². The quantitative estimate of drug-likeness (QED) is 0.393. The van der Waals surface area contributed by atoms with Crippen LogP contribution < -0.4 is 4.67 Å². The molecule has 0 saturated heterocycles. The first-order valence-corrected chi connectivity index (χ1v) is 2.38. The van der Waals surface area contributed by atoms with Crippen molar-refractivity contribution in [3.63, 3.8) is 0 Å². The first-order valence-electron chi connectivity index (χ1n) is 2.38. The summed E-state index contributed by atoms with van der Waals surface area (Å²) in [5.74, 6) is 0.907. The molecule has 1 aliphatic carbocycles. The second kappa shape index (κ2) is 0.593. The molecule has 1 saturated carbocycles. The van der Waals surface area contributed by atoms with E-state index in [1.807, 2.05) is 6.21 Å². The molecule has 0 radical (unpaired) electrons. The molecule has 2 rings (SSSR count). The Hall–Kier alpha value is -0.550. The average molecular weight is 80.1 g/mol. The fraction of sp³-hybridized carbons (Fsp3) is 0.600. The van der Waals surface area contributed by atoms with Crippen molar-refractivity contribution in [3.8, 4) is 0 Å². The highest BCUT2D eigenvalue weighted by Crippen LogP contribution is 2.29. The molecule has 2 aliphatic rings. The van der Waals surface area contributed by atoms with Crippen molar-refractivity contribution in [2.24, 2.45) is 5.92 Å². The molecular formula is C5H6N+. The molecule has 1 heterocycles. The largest absolute Gasteiger partial charge is 0.387 e. The smallest absolute Gasteiger partial charge is 0.0807 e. The minimum Gasteiger partial charge on any atom is -0.0807 e. The Morgan fingerprint density at radius 3 is 2.50 bits per heavy atom. The van der Waals surface area contributed by atoms with Gasteiger partial charge in [-0.2, -0.15) is 0 Å². The van der Waals surface area contributed by atoms with Gasteiger partial charge in [0.15, 0.2) is 0 Å². The zero-order valence-electron chi connectivity index (χ0n) is 3.52. The van der Waals surface area contributed by atoms with Crippen LogP contribution in [0.2, 0.25) is 0 Å². The predicted octanol–water partition coefficient (Wildman–Crippen LogP) is -0.0110. The maximum Gasteiger partial charge on any atom is 0.387 e. The lowest BCUT2D eigenvalue weighted by Gasteiger charge is -1.52. The highest BCUT2D eigenvalue weighted by Gasteiger charge is 2.41. The number of hydrogen-bond acceptors (Lipinski definition) is 0. The van der Waals surface area contributed by atoms with E-state index >= 15 is 0 Å². The summed E-state index contributed by atoms with van der Waals surface area (Å²) in [5, 5.41) is 0. The van der Waals surface area contributed by atoms with Crippen molar-refractivity contribution in [2.45, 2.75) is 12.8 Å². The third-order valence-electron chi connectivity index (χ3n) is 1.27. The van der Waals surface area contributed by atoms with Crippen LogP contribution in [0, 0.1) is 5.92 Å². The van der Waals surface area contributed by atoms with E-state index in [0.29, 0.717) is 0 Å². The van der Waals surface area contributed by atoms with E-state index < -0.39 is 0 Å². The lowest BCUT2D eigenvalue weighted by atomic mass is 10.3. The fourth-order valence-electron chi connectivity index (χ4n) is 0.627. The van der Waals surface area contributed by atoms with Gasteiger partial charge in [0.05, 0.1) is 5.92 Å². The van der Waals surface area contributed by atoms with Gasteiger partial charge in [-0.05, 0) is 12.8 Å². The average Bonchev–Trinajstić information content (AvgIpc) is 2.26. The normalized spacial score (nSPS) is 27.0. The second-order valence-electron chi connectivity index (χ2n) is 1.96. The summed E-state index contributed by atoms with van der Waals surface area (Å²) in [6.45, 7) is 0. The minimum absolute atomic E-state index is 0.907. The van der Waals surface area contributed by atoms with Crippen LogP contribution >= 0.6 is 0 Å². The Morgan fingerprint density at radius 1 is 1.67 bits per heavy atom. The molecule has 1 heteroatoms. The SMILES string of the molecule is C1=[N+]=C1C1CC1. The second-order valence-corrected chi connectivity index (χ2v) is 1.96. The summed E-state index contributed by atoms with van der Waals surface area (Å²) in [4.78, 5) is 0. The van der Waals surface area contributed by atoms with Gasteiger partial charge in [-0.3, -0.25) is 0 Å². The molecule has 0 N–H and O–H groups in total. The van der Waals surface area contributed by atoms with Crippen molar-refractivity contribution >= 4 is 11.9 Å². The number of hydrogen-bond donors (Lipinski definition) is 0. The van der Waals surface area contributed by atoms with Crippen LogP contribution in [-0.4, -0.2) is 11.9 Å². The molecule has 30 valence electrons. The van der Waals surface area contributed by atoms with Gasteiger partial charge in [0, 0.05) is 0 Å². The summed E-state index contributed by atoms with van der Waals surface area (Å²) in [6.07, 6.45) is 4.77. The summed E-state index contributed by atoms with van der Waals surface area (Å²) in [5.41, 5.74) is 1.37. The van der Waals surface area contributed by atoms with Gasteiger partial charge in [0.1, 0.15) is 0 Å². The Labute approximate surface area is 36.4 Å². The fourth-order valence-corrected chi connectivity index (χ4v) is 0.627. The minimum atomic E-state index is 0.907. The van der Waals surface area contributed by atoms with Crippen molar-refractivity contribution in [2.75, 3.05) is 0 Å². The summed E-state index contributed by atoms with van der Waals surface area (Å²) < 4.78 is 3.96. The van der Waals surface area contributed by atoms with E-state index in [1.165, 1.54) is 18.6 Å². The van der Waals surface area contributed by atoms with Gasteiger partial charge < -0.3 is 0 Å². The van der Waals surface area contributed by atoms with Gasteiger partial charge in [0.2, 0.25) is 0 Å². The van der Waals surface area contributed by atoms with Crippen LogP contribution in [0.3, 0.4) is 0 Å². The van der Waals surface area contributed by atoms with E-state index in [4.69, 9.17) is 0 Å². The van der Waals surface area contributed by atoms with Crippen molar-refractivity contribution in [1.82, 2.24) is 4.67 Å². The van der Waals surface area contributed by atoms with E-state index in [0.717, 1.165) is 5.92 Å². The topological polar surface area (TPSA) is 14.1 Å². The highest BCUT2D eigenvalue weighted by atomic mass is 14.7. The molecule has 0 aromatic carbocycles. The molecule has 0 bridgehead atoms. The maximum absolute atomic E-state index is 3.96. The van der Waals surface area contributed by atoms with Crippen LogP contribution in [0.1, 0.15) is 12.8 Å². The molecule has 0 amide bonds. The van der Waals surface area contributed by atoms with E-state index in [-0.39, 0.29) is 0 Å². The third kappa shape index (κ3) is 0.232. The monoisotopic (exact) mass is 80.0 g/mol. The molecule has 0 aromatic heterocycles. The molecule has 0 atom stereocenters. The Balaban J connectivity index is 2.11. The first kappa shape index (κ1) is 2.59. The van der Waals surface area contributed by atoms with Crippen LogP contribution in [0.15, 0.2) is 0 Å². The molecule has 0 aromatic rings. The van der Waals surface area contributed by atoms with Gasteiger partial charge in [-0.25, -0.2) is 0 Å². The Bertz CT molecular complexity index is 136. The summed E-state index contributed by atoms with van der Waals surface area (Å²) in [7, 11) is 0. The number of rotatable bonds is 1. The summed E-state index contributed by atoms with van der Waals surface area (Å²) >= 11 is 0. The van der Waals surface area contributed by atoms with E-state index in [1.54, 1.807) is 0 Å². The Kier molecular flexibility index (Phi) is 0.256. The Morgan fingerprint density at radius 2 is 2.33 bits per heavy atom. The molecule has 6 heavy (non-hydrogen) atoms. The summed E-state index contributed by atoms with van der Waals surface area (Å²) in [6, 6.07) is 0. The van der Waals surface area contributed by atoms with Gasteiger partial charge in [-0.1, -0.05) is 4.67 Å². The van der Waals surface area contributed by atoms with E-state index in [2.05, 4.69) is 4.67 Å². The van der Waals surface area contributed by atoms with Crippen molar-refractivity contribution in [1.29, 1.82) is 0 Å². The van der Waals surface area contributed by atoms with Crippen LogP contribution in [0.5, 0.6) is 0 Å². The van der Waals surface area contributed by atoms with Gasteiger partial charge in [-0.15, -0.1) is 0 Å². The van der Waals surface area contributed by atoms with Gasteiger partial charge >= 0.3 is 11.9 Å².